The van der Waals surface area contributed by atoms with Gasteiger partial charge in [-0.2, -0.15) is 0 Å². The van der Waals surface area contributed by atoms with Crippen molar-refractivity contribution in [3.63, 3.8) is 0 Å². The molecule has 0 spiro atoms. The number of phenols is 1. The van der Waals surface area contributed by atoms with Crippen molar-refractivity contribution in [3.8, 4) is 11.5 Å². The number of carbonyl (C=O) groups is 1. The van der Waals surface area contributed by atoms with Crippen LogP contribution in [0.5, 0.6) is 11.5 Å². The Bertz CT molecular complexity index is 638. The van der Waals surface area contributed by atoms with Crippen LogP contribution in [-0.2, 0) is 11.3 Å². The summed E-state index contributed by atoms with van der Waals surface area (Å²) in [7, 11) is 0. The fourth-order valence-corrected chi connectivity index (χ4v) is 2.01. The highest BCUT2D eigenvalue weighted by Crippen LogP contribution is 2.30. The van der Waals surface area contributed by atoms with Crippen molar-refractivity contribution < 1.29 is 14.6 Å². The van der Waals surface area contributed by atoms with Crippen LogP contribution >= 0.6 is 0 Å². The highest BCUT2D eigenvalue weighted by Gasteiger charge is 2.15. The monoisotopic (exact) mass is 270 g/mol. The maximum absolute atomic E-state index is 11.3. The summed E-state index contributed by atoms with van der Waals surface area (Å²) in [6.45, 7) is 0.696. The van der Waals surface area contributed by atoms with Crippen molar-refractivity contribution in [2.24, 2.45) is 0 Å². The smallest absolute Gasteiger partial charge is 0.262 e. The zero-order valence-corrected chi connectivity index (χ0v) is 10.7. The summed E-state index contributed by atoms with van der Waals surface area (Å²) in [6, 6.07) is 12.6. The summed E-state index contributed by atoms with van der Waals surface area (Å²) in [5, 5.41) is 15.3. The van der Waals surface area contributed by atoms with Gasteiger partial charge in [-0.1, -0.05) is 12.1 Å². The number of fused-ring (bicyclic) bond motifs is 1. The normalized spacial score (nSPS) is 13.1. The van der Waals surface area contributed by atoms with Gasteiger partial charge in [0.15, 0.2) is 6.61 Å². The van der Waals surface area contributed by atoms with Gasteiger partial charge in [0.1, 0.15) is 11.5 Å². The Balaban J connectivity index is 1.70. The maximum atomic E-state index is 11.3. The van der Waals surface area contributed by atoms with E-state index in [4.69, 9.17) is 4.74 Å². The summed E-state index contributed by atoms with van der Waals surface area (Å²) >= 11 is 0. The van der Waals surface area contributed by atoms with Crippen LogP contribution in [0.3, 0.4) is 0 Å². The molecule has 5 heteroatoms. The Labute approximate surface area is 116 Å². The van der Waals surface area contributed by atoms with Gasteiger partial charge in [0.05, 0.1) is 5.69 Å². The molecular weight excluding hydrogens is 256 g/mol. The SMILES string of the molecule is O=C1COc2ccc(NCc3ccc(O)cc3)cc2N1. The first kappa shape index (κ1) is 12.3. The molecule has 102 valence electrons. The topological polar surface area (TPSA) is 70.6 Å². The first-order valence-corrected chi connectivity index (χ1v) is 6.29. The molecule has 1 aliphatic rings. The van der Waals surface area contributed by atoms with Crippen molar-refractivity contribution in [2.45, 2.75) is 6.54 Å². The lowest BCUT2D eigenvalue weighted by molar-refractivity contribution is -0.118. The molecule has 0 bridgehead atoms. The Hall–Kier alpha value is -2.69. The van der Waals surface area contributed by atoms with Crippen LogP contribution in [0.2, 0.25) is 0 Å². The zero-order chi connectivity index (χ0) is 13.9. The molecule has 2 aromatic carbocycles. The van der Waals surface area contributed by atoms with E-state index in [-0.39, 0.29) is 18.3 Å². The summed E-state index contributed by atoms with van der Waals surface area (Å²) in [4.78, 5) is 11.3. The minimum Gasteiger partial charge on any atom is -0.508 e. The number of rotatable bonds is 3. The molecular formula is C15H14N2O3. The summed E-state index contributed by atoms with van der Waals surface area (Å²) in [5.74, 6) is 0.787. The van der Waals surface area contributed by atoms with Crippen molar-refractivity contribution in [1.29, 1.82) is 0 Å². The number of anilines is 2. The predicted molar refractivity (Wildman–Crippen MR) is 76.0 cm³/mol. The van der Waals surface area contributed by atoms with Crippen molar-refractivity contribution in [1.82, 2.24) is 0 Å². The third kappa shape index (κ3) is 2.66. The van der Waals surface area contributed by atoms with Crippen LogP contribution in [0.1, 0.15) is 5.56 Å². The number of amides is 1. The molecule has 1 heterocycles. The molecule has 0 fully saturated rings. The molecule has 0 aromatic heterocycles. The van der Waals surface area contributed by atoms with Crippen LogP contribution < -0.4 is 15.4 Å². The van der Waals surface area contributed by atoms with Gasteiger partial charge >= 0.3 is 0 Å². The van der Waals surface area contributed by atoms with Crippen LogP contribution in [0.25, 0.3) is 0 Å². The second-order valence-electron chi connectivity index (χ2n) is 4.57. The standard InChI is InChI=1S/C15H14N2O3/c18-12-4-1-10(2-5-12)8-16-11-3-6-14-13(7-11)17-15(19)9-20-14/h1-7,16,18H,8-9H2,(H,17,19). The minimum absolute atomic E-state index is 0.0628. The Kier molecular flexibility index (Phi) is 3.16. The van der Waals surface area contributed by atoms with E-state index in [2.05, 4.69) is 10.6 Å². The quantitative estimate of drug-likeness (QED) is 0.800. The first-order chi connectivity index (χ1) is 9.70. The van der Waals surface area contributed by atoms with Crippen LogP contribution in [0, 0.1) is 0 Å². The molecule has 1 aliphatic heterocycles. The second-order valence-corrected chi connectivity index (χ2v) is 4.57. The molecule has 0 atom stereocenters. The van der Waals surface area contributed by atoms with E-state index < -0.39 is 0 Å². The molecule has 0 saturated heterocycles. The molecule has 5 nitrogen and oxygen atoms in total. The molecule has 3 N–H and O–H groups in total. The summed E-state index contributed by atoms with van der Waals surface area (Å²) in [5.41, 5.74) is 2.63. The fraction of sp³-hybridized carbons (Fsp3) is 0.133. The molecule has 0 radical (unpaired) electrons. The van der Waals surface area contributed by atoms with E-state index in [9.17, 15) is 9.90 Å². The number of phenolic OH excluding ortho intramolecular Hbond substituents is 1. The number of carbonyl (C=O) groups excluding carboxylic acids is 1. The Morgan fingerprint density at radius 2 is 2.00 bits per heavy atom. The number of hydrogen-bond donors (Lipinski definition) is 3. The number of ether oxygens (including phenoxy) is 1. The molecule has 3 rings (SSSR count). The average molecular weight is 270 g/mol. The second kappa shape index (κ2) is 5.13. The third-order valence-electron chi connectivity index (χ3n) is 3.05. The number of benzene rings is 2. The van der Waals surface area contributed by atoms with E-state index in [1.807, 2.05) is 30.3 Å². The number of nitrogens with one attached hydrogen (secondary N) is 2. The highest BCUT2D eigenvalue weighted by atomic mass is 16.5. The molecule has 1 amide bonds. The molecule has 0 saturated carbocycles. The largest absolute Gasteiger partial charge is 0.508 e. The summed E-state index contributed by atoms with van der Waals surface area (Å²) in [6.07, 6.45) is 0. The number of aromatic hydroxyl groups is 1. The lowest BCUT2D eigenvalue weighted by Gasteiger charge is -2.18. The van der Waals surface area contributed by atoms with Crippen LogP contribution in [0.15, 0.2) is 42.5 Å². The predicted octanol–water partition coefficient (Wildman–Crippen LogP) is 2.34. The van der Waals surface area contributed by atoms with Crippen LogP contribution in [0.4, 0.5) is 11.4 Å². The van der Waals surface area contributed by atoms with Crippen LogP contribution in [-0.4, -0.2) is 17.6 Å². The van der Waals surface area contributed by atoms with E-state index in [0.29, 0.717) is 18.0 Å². The summed E-state index contributed by atoms with van der Waals surface area (Å²) < 4.78 is 5.30. The van der Waals surface area contributed by atoms with Gasteiger partial charge in [-0.3, -0.25) is 4.79 Å². The zero-order valence-electron chi connectivity index (χ0n) is 10.7. The first-order valence-electron chi connectivity index (χ1n) is 6.29. The van der Waals surface area contributed by atoms with E-state index in [0.717, 1.165) is 11.3 Å². The van der Waals surface area contributed by atoms with Gasteiger partial charge in [0.25, 0.3) is 5.91 Å². The Morgan fingerprint density at radius 3 is 2.80 bits per heavy atom. The number of hydrogen-bond acceptors (Lipinski definition) is 4. The lowest BCUT2D eigenvalue weighted by atomic mass is 10.2. The highest BCUT2D eigenvalue weighted by molar-refractivity contribution is 5.96. The molecule has 20 heavy (non-hydrogen) atoms. The minimum atomic E-state index is -0.145. The van der Waals surface area contributed by atoms with Gasteiger partial charge in [-0.05, 0) is 35.9 Å². The Morgan fingerprint density at radius 1 is 1.20 bits per heavy atom. The van der Waals surface area contributed by atoms with Gasteiger partial charge in [-0.25, -0.2) is 0 Å². The fourth-order valence-electron chi connectivity index (χ4n) is 2.01. The van der Waals surface area contributed by atoms with Crippen molar-refractivity contribution >= 4 is 17.3 Å². The molecule has 2 aromatic rings. The van der Waals surface area contributed by atoms with Gasteiger partial charge in [0.2, 0.25) is 0 Å². The third-order valence-corrected chi connectivity index (χ3v) is 3.05. The van der Waals surface area contributed by atoms with E-state index >= 15 is 0 Å². The van der Waals surface area contributed by atoms with Gasteiger partial charge in [0, 0.05) is 12.2 Å². The average Bonchev–Trinajstić information content (AvgIpc) is 2.46. The van der Waals surface area contributed by atoms with E-state index in [1.165, 1.54) is 0 Å². The van der Waals surface area contributed by atoms with Crippen molar-refractivity contribution in [3.05, 3.63) is 48.0 Å². The molecule has 0 unspecified atom stereocenters. The van der Waals surface area contributed by atoms with E-state index in [1.54, 1.807) is 12.1 Å². The van der Waals surface area contributed by atoms with Gasteiger partial charge < -0.3 is 20.5 Å². The van der Waals surface area contributed by atoms with Crippen molar-refractivity contribution in [2.75, 3.05) is 17.2 Å². The lowest BCUT2D eigenvalue weighted by Crippen LogP contribution is -2.25. The maximum Gasteiger partial charge on any atom is 0.262 e. The molecule has 0 aliphatic carbocycles. The van der Waals surface area contributed by atoms with Gasteiger partial charge in [-0.15, -0.1) is 0 Å².